The Hall–Kier alpha value is -0.120. The van der Waals surface area contributed by atoms with Crippen molar-refractivity contribution in [2.24, 2.45) is 0 Å². The Morgan fingerprint density at radius 3 is 2.75 bits per heavy atom. The van der Waals surface area contributed by atoms with E-state index in [0.717, 1.165) is 13.1 Å². The standard InChI is InChI=1S/C17H32N2O/c1-3-16(2)14-19(12-11-18-16)13-15-7-10-17(20-15)8-5-4-6-9-17/h15,18H,3-14H2,1-2H3. The fraction of sp³-hybridized carbons (Fsp3) is 1.00. The molecule has 3 fully saturated rings. The van der Waals surface area contributed by atoms with Gasteiger partial charge in [0.05, 0.1) is 11.7 Å². The van der Waals surface area contributed by atoms with Gasteiger partial charge in [-0.15, -0.1) is 0 Å². The highest BCUT2D eigenvalue weighted by molar-refractivity contribution is 4.94. The van der Waals surface area contributed by atoms with Gasteiger partial charge in [-0.25, -0.2) is 0 Å². The van der Waals surface area contributed by atoms with Crippen molar-refractivity contribution < 1.29 is 4.74 Å². The molecule has 2 aliphatic heterocycles. The molecule has 0 aromatic carbocycles. The summed E-state index contributed by atoms with van der Waals surface area (Å²) < 4.78 is 6.53. The van der Waals surface area contributed by atoms with Crippen molar-refractivity contribution in [3.05, 3.63) is 0 Å². The van der Waals surface area contributed by atoms with Crippen LogP contribution >= 0.6 is 0 Å². The predicted molar refractivity (Wildman–Crippen MR) is 83.1 cm³/mol. The van der Waals surface area contributed by atoms with E-state index < -0.39 is 0 Å². The SMILES string of the molecule is CCC1(C)CN(CC2CCC3(CCCCC3)O2)CCN1. The van der Waals surface area contributed by atoms with Gasteiger partial charge in [0.25, 0.3) is 0 Å². The second-order valence-corrected chi connectivity index (χ2v) is 7.60. The highest BCUT2D eigenvalue weighted by atomic mass is 16.5. The van der Waals surface area contributed by atoms with Crippen molar-refractivity contribution in [2.75, 3.05) is 26.2 Å². The largest absolute Gasteiger partial charge is 0.370 e. The van der Waals surface area contributed by atoms with Crippen LogP contribution in [0.3, 0.4) is 0 Å². The van der Waals surface area contributed by atoms with Crippen LogP contribution in [0.4, 0.5) is 0 Å². The molecule has 1 spiro atoms. The average Bonchev–Trinajstić information content (AvgIpc) is 2.82. The van der Waals surface area contributed by atoms with Gasteiger partial charge in [-0.2, -0.15) is 0 Å². The van der Waals surface area contributed by atoms with Crippen molar-refractivity contribution in [3.63, 3.8) is 0 Å². The molecule has 116 valence electrons. The van der Waals surface area contributed by atoms with Crippen molar-refractivity contribution in [2.45, 2.75) is 82.5 Å². The third-order valence-corrected chi connectivity index (χ3v) is 5.90. The molecule has 2 atom stereocenters. The zero-order valence-electron chi connectivity index (χ0n) is 13.4. The molecule has 1 saturated carbocycles. The van der Waals surface area contributed by atoms with Crippen LogP contribution in [-0.2, 0) is 4.74 Å². The molecule has 0 aromatic heterocycles. The first-order valence-electron chi connectivity index (χ1n) is 8.78. The predicted octanol–water partition coefficient (Wildman–Crippen LogP) is 2.94. The minimum atomic E-state index is 0.283. The summed E-state index contributed by atoms with van der Waals surface area (Å²) in [6, 6.07) is 0. The van der Waals surface area contributed by atoms with E-state index in [-0.39, 0.29) is 5.60 Å². The van der Waals surface area contributed by atoms with Crippen LogP contribution in [0.1, 0.15) is 65.2 Å². The van der Waals surface area contributed by atoms with E-state index >= 15 is 0 Å². The molecule has 3 aliphatic rings. The molecule has 1 aliphatic carbocycles. The van der Waals surface area contributed by atoms with E-state index in [2.05, 4.69) is 24.1 Å². The van der Waals surface area contributed by atoms with Crippen LogP contribution in [0.15, 0.2) is 0 Å². The number of rotatable bonds is 3. The first-order chi connectivity index (χ1) is 9.63. The second kappa shape index (κ2) is 5.94. The molecular weight excluding hydrogens is 248 g/mol. The first kappa shape index (κ1) is 14.8. The zero-order chi connectivity index (χ0) is 14.1. The Labute approximate surface area is 124 Å². The summed E-state index contributed by atoms with van der Waals surface area (Å²) in [5.74, 6) is 0. The number of ether oxygens (including phenoxy) is 1. The lowest BCUT2D eigenvalue weighted by molar-refractivity contribution is -0.0747. The highest BCUT2D eigenvalue weighted by Gasteiger charge is 2.41. The zero-order valence-corrected chi connectivity index (χ0v) is 13.4. The van der Waals surface area contributed by atoms with Crippen molar-refractivity contribution in [1.29, 1.82) is 0 Å². The van der Waals surface area contributed by atoms with Crippen LogP contribution < -0.4 is 5.32 Å². The molecule has 3 heteroatoms. The lowest BCUT2D eigenvalue weighted by Crippen LogP contribution is -2.59. The fourth-order valence-corrected chi connectivity index (χ4v) is 4.41. The number of piperazine rings is 1. The maximum atomic E-state index is 6.53. The van der Waals surface area contributed by atoms with E-state index in [9.17, 15) is 0 Å². The van der Waals surface area contributed by atoms with Crippen LogP contribution in [0, 0.1) is 0 Å². The Balaban J connectivity index is 1.51. The number of hydrogen-bond donors (Lipinski definition) is 1. The van der Waals surface area contributed by atoms with Crippen LogP contribution in [-0.4, -0.2) is 48.3 Å². The van der Waals surface area contributed by atoms with Gasteiger partial charge in [0.1, 0.15) is 0 Å². The minimum Gasteiger partial charge on any atom is -0.370 e. The Morgan fingerprint density at radius 1 is 1.20 bits per heavy atom. The monoisotopic (exact) mass is 280 g/mol. The molecule has 3 rings (SSSR count). The molecule has 0 bridgehead atoms. The molecule has 0 amide bonds. The Bertz CT molecular complexity index is 327. The van der Waals surface area contributed by atoms with Gasteiger partial charge in [-0.1, -0.05) is 26.2 Å². The van der Waals surface area contributed by atoms with Crippen LogP contribution in [0.5, 0.6) is 0 Å². The molecule has 2 unspecified atom stereocenters. The van der Waals surface area contributed by atoms with Crippen molar-refractivity contribution in [1.82, 2.24) is 10.2 Å². The van der Waals surface area contributed by atoms with Crippen LogP contribution in [0.2, 0.25) is 0 Å². The topological polar surface area (TPSA) is 24.5 Å². The van der Waals surface area contributed by atoms with Gasteiger partial charge in [0.2, 0.25) is 0 Å². The Morgan fingerprint density at radius 2 is 2.00 bits per heavy atom. The normalized spacial score (nSPS) is 38.4. The van der Waals surface area contributed by atoms with E-state index in [0.29, 0.717) is 11.6 Å². The third kappa shape index (κ3) is 3.20. The van der Waals surface area contributed by atoms with Crippen molar-refractivity contribution in [3.8, 4) is 0 Å². The van der Waals surface area contributed by atoms with E-state index in [1.807, 2.05) is 0 Å². The number of hydrogen-bond acceptors (Lipinski definition) is 3. The molecule has 0 aromatic rings. The van der Waals surface area contributed by atoms with Gasteiger partial charge < -0.3 is 10.1 Å². The summed E-state index contributed by atoms with van der Waals surface area (Å²) in [7, 11) is 0. The lowest BCUT2D eigenvalue weighted by Gasteiger charge is -2.42. The summed E-state index contributed by atoms with van der Waals surface area (Å²) in [5, 5.41) is 3.67. The average molecular weight is 280 g/mol. The molecule has 0 radical (unpaired) electrons. The Kier molecular flexibility index (Phi) is 4.40. The molecule has 20 heavy (non-hydrogen) atoms. The van der Waals surface area contributed by atoms with Gasteiger partial charge in [-0.3, -0.25) is 4.90 Å². The third-order valence-electron chi connectivity index (χ3n) is 5.90. The fourth-order valence-electron chi connectivity index (χ4n) is 4.41. The minimum absolute atomic E-state index is 0.283. The molecule has 2 heterocycles. The van der Waals surface area contributed by atoms with E-state index in [4.69, 9.17) is 4.74 Å². The van der Waals surface area contributed by atoms with E-state index in [1.165, 1.54) is 64.5 Å². The molecule has 2 saturated heterocycles. The van der Waals surface area contributed by atoms with Gasteiger partial charge in [0.15, 0.2) is 0 Å². The maximum Gasteiger partial charge on any atom is 0.0710 e. The smallest absolute Gasteiger partial charge is 0.0710 e. The number of nitrogens with one attached hydrogen (secondary N) is 1. The first-order valence-corrected chi connectivity index (χ1v) is 8.78. The lowest BCUT2D eigenvalue weighted by atomic mass is 9.83. The summed E-state index contributed by atoms with van der Waals surface area (Å²) in [5.41, 5.74) is 0.588. The van der Waals surface area contributed by atoms with Gasteiger partial charge >= 0.3 is 0 Å². The maximum absolute atomic E-state index is 6.53. The number of nitrogens with zero attached hydrogens (tertiary/aromatic N) is 1. The molecular formula is C17H32N2O. The summed E-state index contributed by atoms with van der Waals surface area (Å²) in [6.07, 6.45) is 11.1. The van der Waals surface area contributed by atoms with Gasteiger partial charge in [0, 0.05) is 31.7 Å². The van der Waals surface area contributed by atoms with Crippen molar-refractivity contribution >= 4 is 0 Å². The second-order valence-electron chi connectivity index (χ2n) is 7.60. The van der Waals surface area contributed by atoms with Gasteiger partial charge in [-0.05, 0) is 39.0 Å². The highest BCUT2D eigenvalue weighted by Crippen LogP contribution is 2.42. The quantitative estimate of drug-likeness (QED) is 0.860. The summed E-state index contributed by atoms with van der Waals surface area (Å²) in [6.45, 7) is 9.29. The van der Waals surface area contributed by atoms with E-state index in [1.54, 1.807) is 0 Å². The molecule has 1 N–H and O–H groups in total. The summed E-state index contributed by atoms with van der Waals surface area (Å²) >= 11 is 0. The summed E-state index contributed by atoms with van der Waals surface area (Å²) in [4.78, 5) is 2.63. The molecule has 3 nitrogen and oxygen atoms in total. The van der Waals surface area contributed by atoms with Crippen LogP contribution in [0.25, 0.3) is 0 Å².